The minimum atomic E-state index is -4.02. The van der Waals surface area contributed by atoms with Crippen LogP contribution in [-0.4, -0.2) is 36.8 Å². The number of imidazole rings is 1. The third-order valence-electron chi connectivity index (χ3n) is 3.96. The van der Waals surface area contributed by atoms with Crippen molar-refractivity contribution in [1.29, 1.82) is 0 Å². The van der Waals surface area contributed by atoms with Crippen LogP contribution in [0.4, 0.5) is 8.78 Å². The Morgan fingerprint density at radius 1 is 1.11 bits per heavy atom. The highest BCUT2D eigenvalue weighted by molar-refractivity contribution is 7.89. The highest BCUT2D eigenvalue weighted by Crippen LogP contribution is 2.13. The Balaban J connectivity index is 1.43. The molecule has 0 bridgehead atoms. The van der Waals surface area contributed by atoms with Crippen molar-refractivity contribution in [3.05, 3.63) is 66.1 Å². The quantitative estimate of drug-likeness (QED) is 0.593. The summed E-state index contributed by atoms with van der Waals surface area (Å²) in [7, 11) is -4.02. The number of hydrogen-bond acceptors (Lipinski definition) is 4. The molecular weight excluding hydrogens is 390 g/mol. The lowest BCUT2D eigenvalue weighted by Gasteiger charge is -2.07. The van der Waals surface area contributed by atoms with Gasteiger partial charge in [0.1, 0.15) is 5.65 Å². The summed E-state index contributed by atoms with van der Waals surface area (Å²) in [4.78, 5) is 15.9. The molecule has 0 spiro atoms. The van der Waals surface area contributed by atoms with Gasteiger partial charge in [0.25, 0.3) is 0 Å². The van der Waals surface area contributed by atoms with Gasteiger partial charge in [0, 0.05) is 38.3 Å². The first kappa shape index (κ1) is 19.9. The van der Waals surface area contributed by atoms with Crippen molar-refractivity contribution in [3.63, 3.8) is 0 Å². The molecule has 0 aliphatic carbocycles. The van der Waals surface area contributed by atoms with Gasteiger partial charge in [-0.1, -0.05) is 6.07 Å². The van der Waals surface area contributed by atoms with Gasteiger partial charge >= 0.3 is 0 Å². The predicted molar refractivity (Wildman–Crippen MR) is 98.1 cm³/mol. The molecule has 0 unspecified atom stereocenters. The maximum Gasteiger partial charge on any atom is 0.240 e. The van der Waals surface area contributed by atoms with E-state index in [4.69, 9.17) is 0 Å². The van der Waals surface area contributed by atoms with Crippen molar-refractivity contribution in [2.75, 3.05) is 13.1 Å². The number of carbonyl (C=O) groups excluding carboxylic acids is 1. The Morgan fingerprint density at radius 3 is 2.68 bits per heavy atom. The lowest BCUT2D eigenvalue weighted by atomic mass is 10.3. The fourth-order valence-electron chi connectivity index (χ4n) is 2.55. The lowest BCUT2D eigenvalue weighted by molar-refractivity contribution is -0.120. The molecule has 28 heavy (non-hydrogen) atoms. The van der Waals surface area contributed by atoms with Gasteiger partial charge in [-0.2, -0.15) is 0 Å². The van der Waals surface area contributed by atoms with Crippen molar-refractivity contribution in [3.8, 4) is 0 Å². The van der Waals surface area contributed by atoms with Crippen LogP contribution in [-0.2, 0) is 21.2 Å². The first-order chi connectivity index (χ1) is 13.3. The second-order valence-corrected chi connectivity index (χ2v) is 7.79. The van der Waals surface area contributed by atoms with Gasteiger partial charge in [0.2, 0.25) is 15.9 Å². The molecule has 7 nitrogen and oxygen atoms in total. The number of benzene rings is 1. The zero-order valence-corrected chi connectivity index (χ0v) is 15.5. The molecule has 2 aromatic heterocycles. The molecule has 1 aromatic carbocycles. The Labute approximate surface area is 160 Å². The molecule has 148 valence electrons. The lowest BCUT2D eigenvalue weighted by Crippen LogP contribution is -2.31. The summed E-state index contributed by atoms with van der Waals surface area (Å²) in [6, 6.07) is 7.93. The highest BCUT2D eigenvalue weighted by Gasteiger charge is 2.16. The smallest absolute Gasteiger partial charge is 0.240 e. The van der Waals surface area contributed by atoms with E-state index >= 15 is 0 Å². The van der Waals surface area contributed by atoms with Gasteiger partial charge in [0.15, 0.2) is 11.6 Å². The second kappa shape index (κ2) is 8.44. The molecule has 2 N–H and O–H groups in total. The molecule has 1 amide bonds. The van der Waals surface area contributed by atoms with E-state index in [1.807, 2.05) is 35.0 Å². The number of sulfonamides is 1. The van der Waals surface area contributed by atoms with Crippen molar-refractivity contribution in [1.82, 2.24) is 19.4 Å². The molecule has 10 heteroatoms. The normalized spacial score (nSPS) is 11.6. The fourth-order valence-corrected chi connectivity index (χ4v) is 3.60. The average molecular weight is 408 g/mol. The molecule has 0 saturated carbocycles. The summed E-state index contributed by atoms with van der Waals surface area (Å²) in [6.07, 6.45) is 4.20. The van der Waals surface area contributed by atoms with Crippen LogP contribution in [0.15, 0.2) is 53.7 Å². The highest BCUT2D eigenvalue weighted by atomic mass is 32.2. The standard InChI is InChI=1S/C18H18F2N4O3S/c19-15-5-4-14(11-16(15)20)28(26,27)22-9-7-18(25)21-8-6-13-12-24-10-2-1-3-17(24)23-13/h1-5,10-12,22H,6-9H2,(H,21,25). The van der Waals surface area contributed by atoms with E-state index in [9.17, 15) is 22.0 Å². The van der Waals surface area contributed by atoms with Gasteiger partial charge in [-0.25, -0.2) is 26.9 Å². The monoisotopic (exact) mass is 408 g/mol. The minimum absolute atomic E-state index is 0.0892. The molecule has 0 fully saturated rings. The minimum Gasteiger partial charge on any atom is -0.356 e. The Morgan fingerprint density at radius 2 is 1.93 bits per heavy atom. The van der Waals surface area contributed by atoms with Crippen molar-refractivity contribution < 1.29 is 22.0 Å². The maximum absolute atomic E-state index is 13.2. The molecule has 3 rings (SSSR count). The fraction of sp³-hybridized carbons (Fsp3) is 0.222. The molecule has 2 heterocycles. The Kier molecular flexibility index (Phi) is 6.00. The first-order valence-corrected chi connectivity index (χ1v) is 9.97. The van der Waals surface area contributed by atoms with E-state index in [1.54, 1.807) is 0 Å². The number of rotatable bonds is 8. The number of pyridine rings is 1. The van der Waals surface area contributed by atoms with E-state index in [0.29, 0.717) is 19.0 Å². The third-order valence-corrected chi connectivity index (χ3v) is 5.42. The number of nitrogens with zero attached hydrogens (tertiary/aromatic N) is 2. The van der Waals surface area contributed by atoms with Gasteiger partial charge in [0.05, 0.1) is 10.6 Å². The second-order valence-electron chi connectivity index (χ2n) is 6.02. The number of halogens is 2. The van der Waals surface area contributed by atoms with E-state index in [-0.39, 0.29) is 18.9 Å². The summed E-state index contributed by atoms with van der Waals surface area (Å²) in [5.41, 5.74) is 1.64. The summed E-state index contributed by atoms with van der Waals surface area (Å²) in [5, 5.41) is 2.69. The predicted octanol–water partition coefficient (Wildman–Crippen LogP) is 1.64. The zero-order valence-electron chi connectivity index (χ0n) is 14.7. The van der Waals surface area contributed by atoms with Gasteiger partial charge < -0.3 is 9.72 Å². The summed E-state index contributed by atoms with van der Waals surface area (Å²) in [6.45, 7) is 0.195. The van der Waals surface area contributed by atoms with Crippen molar-refractivity contribution >= 4 is 21.6 Å². The van der Waals surface area contributed by atoms with Crippen LogP contribution in [0.5, 0.6) is 0 Å². The third kappa shape index (κ3) is 4.90. The SMILES string of the molecule is O=C(CCNS(=O)(=O)c1ccc(F)c(F)c1)NCCc1cn2ccccc2n1. The van der Waals surface area contributed by atoms with Crippen LogP contribution < -0.4 is 10.0 Å². The topological polar surface area (TPSA) is 92.6 Å². The van der Waals surface area contributed by atoms with Crippen molar-refractivity contribution in [2.45, 2.75) is 17.7 Å². The van der Waals surface area contributed by atoms with Crippen LogP contribution in [0.3, 0.4) is 0 Å². The Hall–Kier alpha value is -2.85. The van der Waals surface area contributed by atoms with Crippen LogP contribution in [0, 0.1) is 11.6 Å². The van der Waals surface area contributed by atoms with Gasteiger partial charge in [-0.15, -0.1) is 0 Å². The van der Waals surface area contributed by atoms with Crippen LogP contribution in [0.25, 0.3) is 5.65 Å². The van der Waals surface area contributed by atoms with Crippen LogP contribution in [0.1, 0.15) is 12.1 Å². The number of nitrogens with one attached hydrogen (secondary N) is 2. The Bertz CT molecular complexity index is 1070. The molecule has 0 saturated heterocycles. The maximum atomic E-state index is 13.2. The number of amides is 1. The largest absolute Gasteiger partial charge is 0.356 e. The van der Waals surface area contributed by atoms with E-state index in [1.165, 1.54) is 0 Å². The zero-order chi connectivity index (χ0) is 20.1. The van der Waals surface area contributed by atoms with Gasteiger partial charge in [-0.3, -0.25) is 4.79 Å². The number of carbonyl (C=O) groups is 1. The molecular formula is C18H18F2N4O3S. The number of aromatic nitrogens is 2. The summed E-state index contributed by atoms with van der Waals surface area (Å²) in [5.74, 6) is -2.73. The molecule has 0 aliphatic heterocycles. The van der Waals surface area contributed by atoms with Crippen LogP contribution in [0.2, 0.25) is 0 Å². The molecule has 0 radical (unpaired) electrons. The van der Waals surface area contributed by atoms with E-state index in [0.717, 1.165) is 23.5 Å². The first-order valence-electron chi connectivity index (χ1n) is 8.49. The molecule has 0 aliphatic rings. The summed E-state index contributed by atoms with van der Waals surface area (Å²) >= 11 is 0. The molecule has 0 atom stereocenters. The molecule has 3 aromatic rings. The van der Waals surface area contributed by atoms with Crippen LogP contribution >= 0.6 is 0 Å². The van der Waals surface area contributed by atoms with E-state index in [2.05, 4.69) is 15.0 Å². The van der Waals surface area contributed by atoms with E-state index < -0.39 is 26.6 Å². The average Bonchev–Trinajstić information content (AvgIpc) is 3.06. The number of fused-ring (bicyclic) bond motifs is 1. The number of hydrogen-bond donors (Lipinski definition) is 2. The summed E-state index contributed by atoms with van der Waals surface area (Å²) < 4.78 is 54.2. The van der Waals surface area contributed by atoms with Gasteiger partial charge in [-0.05, 0) is 30.3 Å². The van der Waals surface area contributed by atoms with Crippen molar-refractivity contribution in [2.24, 2.45) is 0 Å².